The minimum Gasteiger partial charge on any atom is -0.481 e. The molecule has 9 nitrogen and oxygen atoms in total. The van der Waals surface area contributed by atoms with Gasteiger partial charge in [0.15, 0.2) is 5.11 Å². The third-order valence-electron chi connectivity index (χ3n) is 4.28. The Hall–Kier alpha value is -1.75. The Morgan fingerprint density at radius 1 is 1.15 bits per heavy atom. The van der Waals surface area contributed by atoms with Crippen molar-refractivity contribution in [3.8, 4) is 5.88 Å². The molecule has 0 bridgehead atoms. The van der Waals surface area contributed by atoms with Crippen LogP contribution in [0.3, 0.4) is 0 Å². The summed E-state index contributed by atoms with van der Waals surface area (Å²) in [7, 11) is 1.59. The van der Waals surface area contributed by atoms with Crippen molar-refractivity contribution < 1.29 is 14.2 Å². The molecular formula is C16H26N6O3S. The number of hydrogen-bond donors (Lipinski definition) is 2. The van der Waals surface area contributed by atoms with Crippen LogP contribution < -0.4 is 20.3 Å². The van der Waals surface area contributed by atoms with Crippen LogP contribution in [-0.2, 0) is 9.47 Å². The fourth-order valence-corrected chi connectivity index (χ4v) is 3.02. The average Bonchev–Trinajstić information content (AvgIpc) is 2.69. The average molecular weight is 382 g/mol. The maximum Gasteiger partial charge on any atom is 0.234 e. The number of ether oxygens (including phenoxy) is 3. The number of methoxy groups -OCH3 is 1. The second-order valence-electron chi connectivity index (χ2n) is 6.03. The van der Waals surface area contributed by atoms with Gasteiger partial charge in [0.25, 0.3) is 0 Å². The van der Waals surface area contributed by atoms with E-state index in [1.165, 1.54) is 0 Å². The molecule has 2 saturated heterocycles. The molecule has 2 fully saturated rings. The van der Waals surface area contributed by atoms with Crippen molar-refractivity contribution in [1.82, 2.24) is 20.2 Å². The molecule has 0 radical (unpaired) electrons. The monoisotopic (exact) mass is 382 g/mol. The quantitative estimate of drug-likeness (QED) is 0.653. The molecule has 2 aliphatic rings. The zero-order valence-electron chi connectivity index (χ0n) is 15.1. The van der Waals surface area contributed by atoms with Crippen molar-refractivity contribution in [2.24, 2.45) is 0 Å². The van der Waals surface area contributed by atoms with Gasteiger partial charge in [0, 0.05) is 45.3 Å². The predicted molar refractivity (Wildman–Crippen MR) is 103 cm³/mol. The van der Waals surface area contributed by atoms with Gasteiger partial charge < -0.3 is 29.7 Å². The summed E-state index contributed by atoms with van der Waals surface area (Å²) in [6.45, 7) is 8.16. The van der Waals surface area contributed by atoms with Crippen LogP contribution in [0.25, 0.3) is 0 Å². The highest BCUT2D eigenvalue weighted by atomic mass is 32.1. The van der Waals surface area contributed by atoms with E-state index in [9.17, 15) is 0 Å². The summed E-state index contributed by atoms with van der Waals surface area (Å²) >= 11 is 5.36. The Balaban J connectivity index is 1.53. The van der Waals surface area contributed by atoms with Gasteiger partial charge in [-0.05, 0) is 12.2 Å². The minimum atomic E-state index is 0.426. The van der Waals surface area contributed by atoms with Gasteiger partial charge in [-0.3, -0.25) is 4.90 Å². The van der Waals surface area contributed by atoms with Gasteiger partial charge >= 0.3 is 0 Å². The third-order valence-corrected chi connectivity index (χ3v) is 4.52. The van der Waals surface area contributed by atoms with E-state index >= 15 is 0 Å². The molecule has 3 heterocycles. The van der Waals surface area contributed by atoms with Crippen LogP contribution in [0.2, 0.25) is 0 Å². The van der Waals surface area contributed by atoms with Crippen molar-refractivity contribution in [2.75, 3.05) is 83.0 Å². The molecule has 0 saturated carbocycles. The number of nitrogens with one attached hydrogen (secondary N) is 2. The molecule has 26 heavy (non-hydrogen) atoms. The lowest BCUT2D eigenvalue weighted by Crippen LogP contribution is -2.42. The van der Waals surface area contributed by atoms with E-state index in [0.29, 0.717) is 30.2 Å². The third kappa shape index (κ3) is 5.63. The Morgan fingerprint density at radius 2 is 1.85 bits per heavy atom. The molecule has 0 aromatic carbocycles. The first-order valence-electron chi connectivity index (χ1n) is 8.85. The van der Waals surface area contributed by atoms with Crippen LogP contribution in [0.4, 0.5) is 11.8 Å². The van der Waals surface area contributed by atoms with Crippen molar-refractivity contribution in [2.45, 2.75) is 0 Å². The van der Waals surface area contributed by atoms with E-state index in [4.69, 9.17) is 26.4 Å². The molecule has 0 aliphatic carbocycles. The first-order valence-corrected chi connectivity index (χ1v) is 9.26. The van der Waals surface area contributed by atoms with E-state index in [1.54, 1.807) is 7.11 Å². The Labute approximate surface area is 159 Å². The van der Waals surface area contributed by atoms with Crippen LogP contribution >= 0.6 is 12.2 Å². The molecule has 0 spiro atoms. The number of morpholine rings is 2. The van der Waals surface area contributed by atoms with E-state index in [1.807, 2.05) is 6.07 Å². The lowest BCUT2D eigenvalue weighted by atomic mass is 10.4. The predicted octanol–water partition coefficient (Wildman–Crippen LogP) is -0.0596. The summed E-state index contributed by atoms with van der Waals surface area (Å²) in [6.07, 6.45) is 0. The zero-order chi connectivity index (χ0) is 18.2. The van der Waals surface area contributed by atoms with E-state index < -0.39 is 0 Å². The molecule has 1 aromatic heterocycles. The highest BCUT2D eigenvalue weighted by Gasteiger charge is 2.16. The lowest BCUT2D eigenvalue weighted by molar-refractivity contribution is 0.0389. The molecule has 1 aromatic rings. The molecule has 0 unspecified atom stereocenters. The molecule has 2 N–H and O–H groups in total. The molecular weight excluding hydrogens is 356 g/mol. The summed E-state index contributed by atoms with van der Waals surface area (Å²) in [6, 6.07) is 1.82. The molecule has 144 valence electrons. The van der Waals surface area contributed by atoms with Crippen LogP contribution in [0, 0.1) is 0 Å². The molecule has 0 atom stereocenters. The van der Waals surface area contributed by atoms with Crippen LogP contribution in [0.15, 0.2) is 6.07 Å². The smallest absolute Gasteiger partial charge is 0.234 e. The van der Waals surface area contributed by atoms with Gasteiger partial charge in [-0.25, -0.2) is 0 Å². The fourth-order valence-electron chi connectivity index (χ4n) is 2.83. The van der Waals surface area contributed by atoms with Gasteiger partial charge in [0.05, 0.1) is 33.5 Å². The molecule has 2 aliphatic heterocycles. The molecule has 0 amide bonds. The first-order chi connectivity index (χ1) is 12.7. The highest BCUT2D eigenvalue weighted by molar-refractivity contribution is 7.80. The summed E-state index contributed by atoms with van der Waals surface area (Å²) < 4.78 is 16.0. The van der Waals surface area contributed by atoms with Crippen molar-refractivity contribution >= 4 is 29.1 Å². The topological polar surface area (TPSA) is 84.0 Å². The van der Waals surface area contributed by atoms with Gasteiger partial charge in [0.1, 0.15) is 5.82 Å². The van der Waals surface area contributed by atoms with Crippen molar-refractivity contribution in [1.29, 1.82) is 0 Å². The number of rotatable bonds is 6. The van der Waals surface area contributed by atoms with Gasteiger partial charge in [0.2, 0.25) is 11.8 Å². The summed E-state index contributed by atoms with van der Waals surface area (Å²) in [4.78, 5) is 13.4. The summed E-state index contributed by atoms with van der Waals surface area (Å²) in [5.74, 6) is 1.73. The van der Waals surface area contributed by atoms with E-state index in [-0.39, 0.29) is 0 Å². The fraction of sp³-hybridized carbons (Fsp3) is 0.688. The maximum atomic E-state index is 5.39. The largest absolute Gasteiger partial charge is 0.481 e. The Kier molecular flexibility index (Phi) is 7.18. The maximum absolute atomic E-state index is 5.39. The zero-order valence-corrected chi connectivity index (χ0v) is 15.9. The Bertz CT molecular complexity index is 593. The van der Waals surface area contributed by atoms with E-state index in [2.05, 4.69) is 30.4 Å². The summed E-state index contributed by atoms with van der Waals surface area (Å²) in [5, 5.41) is 6.75. The van der Waals surface area contributed by atoms with Crippen LogP contribution in [-0.4, -0.2) is 92.8 Å². The molecule has 10 heteroatoms. The van der Waals surface area contributed by atoms with Gasteiger partial charge in [-0.15, -0.1) is 0 Å². The lowest BCUT2D eigenvalue weighted by Gasteiger charge is -2.28. The van der Waals surface area contributed by atoms with Gasteiger partial charge in [-0.1, -0.05) is 0 Å². The minimum absolute atomic E-state index is 0.426. The standard InChI is InChI=1S/C16H26N6O3S/c1-23-14-12-13(22-6-10-25-11-7-22)18-15(19-14)20-16(26)17-2-3-21-4-8-24-9-5-21/h12H,2-11H2,1H3,(H2,17,18,19,20,26). The summed E-state index contributed by atoms with van der Waals surface area (Å²) in [5.41, 5.74) is 0. The number of thiocarbonyl (C=S) groups is 1. The normalized spacial score (nSPS) is 18.4. The SMILES string of the molecule is COc1cc(N2CCOCC2)nc(NC(=S)NCCN2CCOCC2)n1. The second kappa shape index (κ2) is 9.81. The second-order valence-corrected chi connectivity index (χ2v) is 6.43. The first kappa shape index (κ1) is 19.0. The Morgan fingerprint density at radius 3 is 2.54 bits per heavy atom. The van der Waals surface area contributed by atoms with E-state index in [0.717, 1.165) is 58.3 Å². The van der Waals surface area contributed by atoms with Crippen molar-refractivity contribution in [3.05, 3.63) is 6.07 Å². The molecule has 3 rings (SSSR count). The van der Waals surface area contributed by atoms with Gasteiger partial charge in [-0.2, -0.15) is 9.97 Å². The number of nitrogens with zero attached hydrogens (tertiary/aromatic N) is 4. The number of anilines is 2. The highest BCUT2D eigenvalue weighted by Crippen LogP contribution is 2.20. The number of hydrogen-bond acceptors (Lipinski definition) is 8. The van der Waals surface area contributed by atoms with Crippen LogP contribution in [0.5, 0.6) is 5.88 Å². The van der Waals surface area contributed by atoms with Crippen molar-refractivity contribution in [3.63, 3.8) is 0 Å². The number of aromatic nitrogens is 2. The van der Waals surface area contributed by atoms with Crippen LogP contribution in [0.1, 0.15) is 0 Å².